The lowest BCUT2D eigenvalue weighted by atomic mass is 9.51. The van der Waals surface area contributed by atoms with E-state index in [0.29, 0.717) is 17.7 Å². The van der Waals surface area contributed by atoms with Gasteiger partial charge in [0.05, 0.1) is 7.11 Å². The Morgan fingerprint density at radius 3 is 2.80 bits per heavy atom. The number of piperidine rings is 1. The number of rotatable bonds is 4. The van der Waals surface area contributed by atoms with Crippen LogP contribution in [-0.2, 0) is 16.6 Å². The number of nitrogens with zero attached hydrogens (tertiary/aromatic N) is 1. The quantitative estimate of drug-likeness (QED) is 0.634. The molecule has 2 aliphatic heterocycles. The fourth-order valence-electron chi connectivity index (χ4n) is 6.53. The first kappa shape index (κ1) is 23.3. The molecule has 7 nitrogen and oxygen atoms in total. The number of carboxylic acids is 1. The summed E-state index contributed by atoms with van der Waals surface area (Å²) in [5.74, 6) is 1.03. The van der Waals surface area contributed by atoms with Gasteiger partial charge in [-0.2, -0.15) is 0 Å². The lowest BCUT2D eigenvalue weighted by Crippen LogP contribution is -2.68. The maximum atomic E-state index is 11.4. The molecule has 0 amide bonds. The molecule has 2 heterocycles. The van der Waals surface area contributed by atoms with Crippen molar-refractivity contribution in [2.45, 2.75) is 62.3 Å². The summed E-state index contributed by atoms with van der Waals surface area (Å²) in [6.45, 7) is 2.65. The Kier molecular flexibility index (Phi) is 6.15. The summed E-state index contributed by atoms with van der Waals surface area (Å²) in [5, 5.41) is 23.4. The Morgan fingerprint density at radius 2 is 2.13 bits per heavy atom. The number of likely N-dealkylation sites (tertiary alicyclic amines) is 1. The van der Waals surface area contributed by atoms with Crippen LogP contribution >= 0.6 is 24.8 Å². The predicted octanol–water partition coefficient (Wildman–Crippen LogP) is 2.34. The average molecular weight is 461 g/mol. The van der Waals surface area contributed by atoms with E-state index in [1.807, 2.05) is 0 Å². The molecule has 30 heavy (non-hydrogen) atoms. The van der Waals surface area contributed by atoms with Gasteiger partial charge in [0.2, 0.25) is 0 Å². The zero-order valence-corrected chi connectivity index (χ0v) is 19.0. The summed E-state index contributed by atoms with van der Waals surface area (Å²) >= 11 is 0. The summed E-state index contributed by atoms with van der Waals surface area (Å²) in [6.07, 6.45) is 3.57. The number of phenolic OH excluding ortho intramolecular Hbond substituents is 1. The molecule has 3 N–H and O–H groups in total. The minimum Gasteiger partial charge on any atom is -0.504 e. The molecule has 2 bridgehead atoms. The number of halogens is 2. The van der Waals surface area contributed by atoms with Crippen LogP contribution < -0.4 is 14.8 Å². The monoisotopic (exact) mass is 460 g/mol. The number of carbonyl (C=O) groups is 1. The molecule has 4 aliphatic rings. The average Bonchev–Trinajstić information content (AvgIpc) is 3.02. The molecule has 0 radical (unpaired) electrons. The molecular formula is C21H30Cl2N2O5. The Morgan fingerprint density at radius 1 is 1.40 bits per heavy atom. The largest absolute Gasteiger partial charge is 0.504 e. The minimum absolute atomic E-state index is 0. The number of benzene rings is 1. The van der Waals surface area contributed by atoms with Gasteiger partial charge in [-0.25, -0.2) is 0 Å². The van der Waals surface area contributed by atoms with Crippen molar-refractivity contribution in [3.8, 4) is 17.2 Å². The van der Waals surface area contributed by atoms with Crippen LogP contribution in [-0.4, -0.2) is 66.0 Å². The molecule has 5 rings (SSSR count). The molecular weight excluding hydrogens is 431 g/mol. The number of methoxy groups -OCH3 is 1. The van der Waals surface area contributed by atoms with Crippen LogP contribution in [0.3, 0.4) is 0 Å². The third-order valence-electron chi connectivity index (χ3n) is 7.74. The van der Waals surface area contributed by atoms with Crippen molar-refractivity contribution in [3.05, 3.63) is 17.2 Å². The summed E-state index contributed by atoms with van der Waals surface area (Å²) in [7, 11) is 3.84. The zero-order valence-electron chi connectivity index (χ0n) is 17.4. The molecule has 0 unspecified atom stereocenters. The summed E-state index contributed by atoms with van der Waals surface area (Å²) in [4.78, 5) is 13.9. The van der Waals surface area contributed by atoms with Crippen LogP contribution in [0.5, 0.6) is 17.2 Å². The third-order valence-corrected chi connectivity index (χ3v) is 7.74. The second-order valence-corrected chi connectivity index (χ2v) is 8.88. The normalized spacial score (nSPS) is 34.0. The molecule has 6 atom stereocenters. The zero-order chi connectivity index (χ0) is 19.8. The van der Waals surface area contributed by atoms with Crippen molar-refractivity contribution in [2.24, 2.45) is 5.92 Å². The summed E-state index contributed by atoms with van der Waals surface area (Å²) in [5.41, 5.74) is 2.08. The standard InChI is InChI=1S/C21H28N2O5.2ClH/c1-10(20(25)26)22-13-5-4-12-14-8-11-16(27-3)9-15(24)18-17(11)21(12,19(13)28-18)6-7-23(14)2;;/h9-10,12-14,19,22,24H,4-8H2,1-3H3,(H,25,26);2*1H/t10-,12-,13-,14+,19-,21-;;/m0../s1. The number of ether oxygens (including phenoxy) is 2. The van der Waals surface area contributed by atoms with Crippen LogP contribution in [0.1, 0.15) is 37.3 Å². The van der Waals surface area contributed by atoms with E-state index in [2.05, 4.69) is 17.3 Å². The second kappa shape index (κ2) is 7.93. The van der Waals surface area contributed by atoms with Crippen molar-refractivity contribution in [3.63, 3.8) is 0 Å². The van der Waals surface area contributed by atoms with E-state index >= 15 is 0 Å². The number of hydrogen-bond donors (Lipinski definition) is 3. The van der Waals surface area contributed by atoms with Gasteiger partial charge < -0.3 is 24.6 Å². The Balaban J connectivity index is 0.00000128. The van der Waals surface area contributed by atoms with E-state index in [1.54, 1.807) is 20.1 Å². The van der Waals surface area contributed by atoms with Crippen molar-refractivity contribution >= 4 is 30.8 Å². The van der Waals surface area contributed by atoms with Gasteiger partial charge in [-0.3, -0.25) is 10.1 Å². The van der Waals surface area contributed by atoms with Gasteiger partial charge >= 0.3 is 5.97 Å². The molecule has 1 saturated heterocycles. The highest BCUT2D eigenvalue weighted by Gasteiger charge is 2.66. The number of carboxylic acid groups (broad SMARTS) is 1. The van der Waals surface area contributed by atoms with Gasteiger partial charge in [0.15, 0.2) is 11.5 Å². The van der Waals surface area contributed by atoms with Gasteiger partial charge in [-0.05, 0) is 52.1 Å². The van der Waals surface area contributed by atoms with Crippen LogP contribution in [0.25, 0.3) is 0 Å². The van der Waals surface area contributed by atoms with Crippen LogP contribution in [0.2, 0.25) is 0 Å². The van der Waals surface area contributed by atoms with Gasteiger partial charge in [0, 0.05) is 34.7 Å². The number of phenols is 1. The van der Waals surface area contributed by atoms with Crippen molar-refractivity contribution in [2.75, 3.05) is 20.7 Å². The molecule has 168 valence electrons. The lowest BCUT2D eigenvalue weighted by Gasteiger charge is -2.59. The van der Waals surface area contributed by atoms with E-state index in [-0.39, 0.29) is 48.1 Å². The van der Waals surface area contributed by atoms with Crippen LogP contribution in [0.4, 0.5) is 0 Å². The fourth-order valence-corrected chi connectivity index (χ4v) is 6.53. The maximum Gasteiger partial charge on any atom is 0.320 e. The summed E-state index contributed by atoms with van der Waals surface area (Å²) < 4.78 is 12.1. The first-order valence-corrected chi connectivity index (χ1v) is 10.2. The molecule has 1 aromatic carbocycles. The molecule has 1 spiro atoms. The van der Waals surface area contributed by atoms with E-state index in [0.717, 1.165) is 49.1 Å². The van der Waals surface area contributed by atoms with Crippen molar-refractivity contribution in [1.82, 2.24) is 10.2 Å². The van der Waals surface area contributed by atoms with E-state index in [9.17, 15) is 15.0 Å². The van der Waals surface area contributed by atoms with E-state index in [4.69, 9.17) is 9.47 Å². The summed E-state index contributed by atoms with van der Waals surface area (Å²) in [6, 6.07) is 1.38. The smallest absolute Gasteiger partial charge is 0.320 e. The molecule has 0 aromatic heterocycles. The number of aliphatic carboxylic acids is 1. The molecule has 2 aliphatic carbocycles. The first-order chi connectivity index (χ1) is 13.4. The molecule has 1 aromatic rings. The predicted molar refractivity (Wildman–Crippen MR) is 117 cm³/mol. The highest BCUT2D eigenvalue weighted by molar-refractivity contribution is 5.85. The SMILES string of the molecule is COc1cc(O)c2c3c1C[C@@H]1[C@@H]4CC[C@H](N[C@@H](C)C(=O)O)[C@H](O2)[C@]34CCN1C.Cl.Cl. The van der Waals surface area contributed by atoms with E-state index < -0.39 is 12.0 Å². The molecule has 2 fully saturated rings. The third kappa shape index (κ3) is 2.89. The Hall–Kier alpha value is -1.41. The van der Waals surface area contributed by atoms with E-state index in [1.165, 1.54) is 0 Å². The van der Waals surface area contributed by atoms with Crippen molar-refractivity contribution in [1.29, 1.82) is 0 Å². The number of aromatic hydroxyl groups is 1. The first-order valence-electron chi connectivity index (χ1n) is 10.2. The fraction of sp³-hybridized carbons (Fsp3) is 0.667. The second-order valence-electron chi connectivity index (χ2n) is 8.88. The highest BCUT2D eigenvalue weighted by Crippen LogP contribution is 2.65. The highest BCUT2D eigenvalue weighted by atomic mass is 35.5. The van der Waals surface area contributed by atoms with Gasteiger partial charge in [0.25, 0.3) is 0 Å². The maximum absolute atomic E-state index is 11.4. The number of likely N-dealkylation sites (N-methyl/N-ethyl adjacent to an activating group) is 1. The number of nitrogens with one attached hydrogen (secondary N) is 1. The van der Waals surface area contributed by atoms with Crippen LogP contribution in [0, 0.1) is 5.92 Å². The molecule has 1 saturated carbocycles. The topological polar surface area (TPSA) is 91.3 Å². The van der Waals surface area contributed by atoms with Gasteiger partial charge in [0.1, 0.15) is 17.9 Å². The van der Waals surface area contributed by atoms with Gasteiger partial charge in [-0.1, -0.05) is 0 Å². The Bertz CT molecular complexity index is 853. The lowest BCUT2D eigenvalue weighted by molar-refractivity contribution is -0.140. The van der Waals surface area contributed by atoms with Crippen LogP contribution in [0.15, 0.2) is 6.07 Å². The Labute approximate surface area is 188 Å². The van der Waals surface area contributed by atoms with Crippen molar-refractivity contribution < 1.29 is 24.5 Å². The van der Waals surface area contributed by atoms with Gasteiger partial charge in [-0.15, -0.1) is 24.8 Å². The number of hydrogen-bond acceptors (Lipinski definition) is 6. The minimum atomic E-state index is -0.856. The molecule has 9 heteroatoms.